The van der Waals surface area contributed by atoms with Gasteiger partial charge in [0.1, 0.15) is 18.1 Å². The Balaban J connectivity index is 1.52. The maximum atomic E-state index is 13.9. The number of hydrogen-bond donors (Lipinski definition) is 1. The van der Waals surface area contributed by atoms with Crippen molar-refractivity contribution >= 4 is 22.5 Å². The summed E-state index contributed by atoms with van der Waals surface area (Å²) >= 11 is 0. The van der Waals surface area contributed by atoms with Gasteiger partial charge in [-0.15, -0.1) is 0 Å². The summed E-state index contributed by atoms with van der Waals surface area (Å²) in [5.74, 6) is -0.635. The molecule has 0 spiro atoms. The maximum Gasteiger partial charge on any atom is 0.259 e. The fraction of sp³-hybridized carbons (Fsp3) is 0.0417. The average Bonchev–Trinajstić information content (AvgIpc) is 3.33. The van der Waals surface area contributed by atoms with Crippen LogP contribution in [-0.2, 0) is 11.3 Å². The molecule has 3 heterocycles. The molecule has 0 saturated heterocycles. The lowest BCUT2D eigenvalue weighted by Gasteiger charge is -2.12. The summed E-state index contributed by atoms with van der Waals surface area (Å²) in [7, 11) is 0. The van der Waals surface area contributed by atoms with E-state index in [0.717, 1.165) is 0 Å². The smallest absolute Gasteiger partial charge is 0.259 e. The Morgan fingerprint density at radius 1 is 1.03 bits per heavy atom. The third kappa shape index (κ3) is 3.99. The first-order valence-corrected chi connectivity index (χ1v) is 10.0. The molecule has 0 fully saturated rings. The minimum Gasteiger partial charge on any atom is -0.334 e. The van der Waals surface area contributed by atoms with Crippen LogP contribution in [0, 0.1) is 5.82 Å². The molecule has 0 bridgehead atoms. The summed E-state index contributed by atoms with van der Waals surface area (Å²) in [5, 5.41) is 7.11. The molecule has 0 aliphatic heterocycles. The largest absolute Gasteiger partial charge is 0.334 e. The van der Waals surface area contributed by atoms with E-state index in [1.807, 2.05) is 0 Å². The van der Waals surface area contributed by atoms with Gasteiger partial charge in [0.2, 0.25) is 11.7 Å². The van der Waals surface area contributed by atoms with E-state index in [9.17, 15) is 14.0 Å². The lowest BCUT2D eigenvalue weighted by Crippen LogP contribution is -2.28. The number of para-hydroxylation sites is 2. The molecule has 1 amide bonds. The lowest BCUT2D eigenvalue weighted by molar-refractivity contribution is -0.116. The minimum atomic E-state index is -0.557. The van der Waals surface area contributed by atoms with Gasteiger partial charge in [-0.3, -0.25) is 19.1 Å². The van der Waals surface area contributed by atoms with Crippen molar-refractivity contribution in [1.82, 2.24) is 19.7 Å². The average molecular weight is 441 g/mol. The van der Waals surface area contributed by atoms with Gasteiger partial charge in [-0.2, -0.15) is 4.98 Å². The molecule has 5 rings (SSSR count). The summed E-state index contributed by atoms with van der Waals surface area (Å²) < 4.78 is 20.6. The summed E-state index contributed by atoms with van der Waals surface area (Å²) in [5.41, 5.74) is 1.08. The van der Waals surface area contributed by atoms with Gasteiger partial charge in [-0.25, -0.2) is 4.39 Å². The summed E-state index contributed by atoms with van der Waals surface area (Å²) in [4.78, 5) is 34.1. The Labute approximate surface area is 186 Å². The van der Waals surface area contributed by atoms with E-state index in [1.54, 1.807) is 54.7 Å². The van der Waals surface area contributed by atoms with E-state index >= 15 is 0 Å². The summed E-state index contributed by atoms with van der Waals surface area (Å²) in [6, 6.07) is 19.6. The van der Waals surface area contributed by atoms with Crippen LogP contribution in [0.3, 0.4) is 0 Å². The highest BCUT2D eigenvalue weighted by molar-refractivity contribution is 5.95. The highest BCUT2D eigenvalue weighted by atomic mass is 19.1. The van der Waals surface area contributed by atoms with Crippen molar-refractivity contribution in [3.8, 4) is 23.0 Å². The number of carbonyl (C=O) groups excluding carboxylic acids is 1. The molecule has 2 aromatic carbocycles. The maximum absolute atomic E-state index is 13.9. The zero-order valence-electron chi connectivity index (χ0n) is 17.1. The van der Waals surface area contributed by atoms with Crippen molar-refractivity contribution in [2.24, 2.45) is 0 Å². The predicted molar refractivity (Wildman–Crippen MR) is 120 cm³/mol. The van der Waals surface area contributed by atoms with E-state index in [0.29, 0.717) is 28.0 Å². The molecule has 0 radical (unpaired) electrons. The minimum absolute atomic E-state index is 0.0457. The van der Waals surface area contributed by atoms with Crippen LogP contribution in [0.2, 0.25) is 0 Å². The van der Waals surface area contributed by atoms with Crippen LogP contribution < -0.4 is 10.9 Å². The van der Waals surface area contributed by atoms with Crippen molar-refractivity contribution in [3.05, 3.63) is 95.2 Å². The molecule has 0 aliphatic rings. The number of anilines is 1. The second-order valence-corrected chi connectivity index (χ2v) is 7.17. The van der Waals surface area contributed by atoms with Gasteiger partial charge < -0.3 is 9.84 Å². The van der Waals surface area contributed by atoms with Crippen LogP contribution in [0.25, 0.3) is 33.9 Å². The van der Waals surface area contributed by atoms with Crippen molar-refractivity contribution in [2.45, 2.75) is 6.54 Å². The Hall–Kier alpha value is -4.66. The van der Waals surface area contributed by atoms with Crippen LogP contribution in [0.5, 0.6) is 0 Å². The van der Waals surface area contributed by atoms with E-state index in [-0.39, 0.29) is 18.1 Å². The normalized spacial score (nSPS) is 10.9. The molecule has 0 saturated carbocycles. The monoisotopic (exact) mass is 441 g/mol. The number of carbonyl (C=O) groups is 1. The molecule has 3 aromatic heterocycles. The second-order valence-electron chi connectivity index (χ2n) is 7.17. The molecular weight excluding hydrogens is 425 g/mol. The summed E-state index contributed by atoms with van der Waals surface area (Å²) in [6.45, 7) is -0.295. The SMILES string of the molecule is O=C(Cn1c(=O)cc(-c2nc(-c3ccccn3)no2)c2ccccc21)Nc1ccccc1F. The number of aromatic nitrogens is 4. The molecule has 33 heavy (non-hydrogen) atoms. The van der Waals surface area contributed by atoms with Gasteiger partial charge in [-0.1, -0.05) is 41.6 Å². The third-order valence-electron chi connectivity index (χ3n) is 5.02. The fourth-order valence-corrected chi connectivity index (χ4v) is 3.50. The van der Waals surface area contributed by atoms with Gasteiger partial charge in [0.05, 0.1) is 16.8 Å². The molecule has 0 atom stereocenters. The molecule has 0 unspecified atom stereocenters. The van der Waals surface area contributed by atoms with Crippen molar-refractivity contribution in [1.29, 1.82) is 0 Å². The Morgan fingerprint density at radius 2 is 1.82 bits per heavy atom. The first-order valence-electron chi connectivity index (χ1n) is 10.0. The van der Waals surface area contributed by atoms with Crippen LogP contribution in [-0.4, -0.2) is 25.6 Å². The molecule has 1 N–H and O–H groups in total. The van der Waals surface area contributed by atoms with E-state index in [2.05, 4.69) is 20.4 Å². The zero-order chi connectivity index (χ0) is 22.8. The summed E-state index contributed by atoms with van der Waals surface area (Å²) in [6.07, 6.45) is 1.62. The van der Waals surface area contributed by atoms with Crippen LogP contribution >= 0.6 is 0 Å². The standard InChI is InChI=1S/C24H16FN5O3/c25-17-8-2-3-9-18(17)27-21(31)14-30-20-11-4-1-7-15(20)16(13-22(30)32)24-28-23(29-33-24)19-10-5-6-12-26-19/h1-13H,14H2,(H,27,31). The van der Waals surface area contributed by atoms with Gasteiger partial charge in [0, 0.05) is 17.6 Å². The Bertz CT molecular complexity index is 1530. The van der Waals surface area contributed by atoms with Crippen molar-refractivity contribution in [2.75, 3.05) is 5.32 Å². The lowest BCUT2D eigenvalue weighted by atomic mass is 10.1. The van der Waals surface area contributed by atoms with Crippen LogP contribution in [0.1, 0.15) is 0 Å². The molecule has 9 heteroatoms. The van der Waals surface area contributed by atoms with E-state index in [1.165, 1.54) is 28.8 Å². The van der Waals surface area contributed by atoms with Gasteiger partial charge in [0.15, 0.2) is 0 Å². The number of halogens is 1. The number of pyridine rings is 2. The zero-order valence-corrected chi connectivity index (χ0v) is 17.1. The first kappa shape index (κ1) is 20.3. The topological polar surface area (TPSA) is 103 Å². The number of amides is 1. The third-order valence-corrected chi connectivity index (χ3v) is 5.02. The van der Waals surface area contributed by atoms with Crippen molar-refractivity contribution < 1.29 is 13.7 Å². The van der Waals surface area contributed by atoms with E-state index < -0.39 is 17.3 Å². The highest BCUT2D eigenvalue weighted by Crippen LogP contribution is 2.27. The highest BCUT2D eigenvalue weighted by Gasteiger charge is 2.18. The quantitative estimate of drug-likeness (QED) is 0.444. The molecule has 0 aliphatic carbocycles. The van der Waals surface area contributed by atoms with Crippen LogP contribution in [0.4, 0.5) is 10.1 Å². The van der Waals surface area contributed by atoms with Gasteiger partial charge >= 0.3 is 0 Å². The van der Waals surface area contributed by atoms with Crippen LogP contribution in [0.15, 0.2) is 88.3 Å². The molecule has 8 nitrogen and oxygen atoms in total. The molecular formula is C24H16FN5O3. The predicted octanol–water partition coefficient (Wildman–Crippen LogP) is 3.89. The number of nitrogens with one attached hydrogen (secondary N) is 1. The van der Waals surface area contributed by atoms with Gasteiger partial charge in [0.25, 0.3) is 11.4 Å². The molecule has 5 aromatic rings. The number of nitrogens with zero attached hydrogens (tertiary/aromatic N) is 4. The first-order chi connectivity index (χ1) is 16.1. The number of fused-ring (bicyclic) bond motifs is 1. The Morgan fingerprint density at radius 3 is 2.64 bits per heavy atom. The van der Waals surface area contributed by atoms with Gasteiger partial charge in [-0.05, 0) is 30.3 Å². The Kier molecular flexibility index (Phi) is 5.19. The number of rotatable bonds is 5. The number of hydrogen-bond acceptors (Lipinski definition) is 6. The number of benzene rings is 2. The van der Waals surface area contributed by atoms with E-state index in [4.69, 9.17) is 4.52 Å². The van der Waals surface area contributed by atoms with Crippen molar-refractivity contribution in [3.63, 3.8) is 0 Å². The molecule has 162 valence electrons. The second kappa shape index (κ2) is 8.46. The fourth-order valence-electron chi connectivity index (χ4n) is 3.50.